The second kappa shape index (κ2) is 7.32. The lowest BCUT2D eigenvalue weighted by Gasteiger charge is -2.20. The lowest BCUT2D eigenvalue weighted by atomic mass is 10.1. The Labute approximate surface area is 147 Å². The highest BCUT2D eigenvalue weighted by Crippen LogP contribution is 2.24. The number of nitrogens with one attached hydrogen (secondary N) is 1. The van der Waals surface area contributed by atoms with Gasteiger partial charge >= 0.3 is 6.03 Å². The van der Waals surface area contributed by atoms with E-state index in [0.717, 1.165) is 35.8 Å². The maximum absolute atomic E-state index is 12.3. The van der Waals surface area contributed by atoms with E-state index >= 15 is 0 Å². The van der Waals surface area contributed by atoms with Crippen LogP contribution in [0, 0.1) is 6.92 Å². The van der Waals surface area contributed by atoms with Gasteiger partial charge in [-0.15, -0.1) is 11.3 Å². The molecule has 128 valence electrons. The molecule has 24 heavy (non-hydrogen) atoms. The van der Waals surface area contributed by atoms with E-state index in [9.17, 15) is 4.79 Å². The van der Waals surface area contributed by atoms with E-state index in [-0.39, 0.29) is 6.03 Å². The molecule has 0 aliphatic carbocycles. The van der Waals surface area contributed by atoms with Gasteiger partial charge in [-0.2, -0.15) is 0 Å². The molecule has 2 heterocycles. The van der Waals surface area contributed by atoms with E-state index in [4.69, 9.17) is 0 Å². The Balaban J connectivity index is 1.55. The zero-order chi connectivity index (χ0) is 17.1. The van der Waals surface area contributed by atoms with Gasteiger partial charge in [-0.25, -0.2) is 9.78 Å². The predicted octanol–water partition coefficient (Wildman–Crippen LogP) is 2.96. The maximum Gasteiger partial charge on any atom is 0.317 e. The molecular weight excluding hydrogens is 320 g/mol. The minimum Gasteiger partial charge on any atom is -0.332 e. The van der Waals surface area contributed by atoms with Crippen molar-refractivity contribution in [1.82, 2.24) is 20.1 Å². The van der Waals surface area contributed by atoms with Crippen molar-refractivity contribution in [3.8, 4) is 10.6 Å². The summed E-state index contributed by atoms with van der Waals surface area (Å²) in [6.45, 7) is 4.17. The van der Waals surface area contributed by atoms with E-state index in [0.29, 0.717) is 12.6 Å². The molecule has 2 amide bonds. The Hall–Kier alpha value is -1.92. The number of carbonyl (C=O) groups is 1. The number of carbonyl (C=O) groups excluding carboxylic acids is 1. The van der Waals surface area contributed by atoms with Crippen LogP contribution in [-0.2, 0) is 6.54 Å². The van der Waals surface area contributed by atoms with Crippen LogP contribution in [-0.4, -0.2) is 54.0 Å². The molecule has 1 aliphatic rings. The van der Waals surface area contributed by atoms with Crippen LogP contribution in [0.2, 0.25) is 0 Å². The van der Waals surface area contributed by atoms with Crippen molar-refractivity contribution in [2.45, 2.75) is 25.9 Å². The number of aryl methyl sites for hydroxylation is 1. The second-order valence-corrected chi connectivity index (χ2v) is 7.38. The van der Waals surface area contributed by atoms with E-state index in [1.54, 1.807) is 11.3 Å². The minimum atomic E-state index is 0.00413. The smallest absolute Gasteiger partial charge is 0.317 e. The van der Waals surface area contributed by atoms with Crippen LogP contribution in [0.25, 0.3) is 10.6 Å². The Morgan fingerprint density at radius 2 is 2.29 bits per heavy atom. The molecule has 3 rings (SSSR count). The van der Waals surface area contributed by atoms with E-state index in [2.05, 4.69) is 54.4 Å². The fraction of sp³-hybridized carbons (Fsp3) is 0.444. The molecule has 1 aromatic heterocycles. The van der Waals surface area contributed by atoms with Gasteiger partial charge in [0, 0.05) is 30.1 Å². The van der Waals surface area contributed by atoms with Gasteiger partial charge in [0.2, 0.25) is 0 Å². The highest BCUT2D eigenvalue weighted by atomic mass is 32.1. The predicted molar refractivity (Wildman–Crippen MR) is 98.2 cm³/mol. The molecule has 0 radical (unpaired) electrons. The van der Waals surface area contributed by atoms with Crippen LogP contribution in [0.15, 0.2) is 29.6 Å². The Morgan fingerprint density at radius 3 is 3.00 bits per heavy atom. The number of likely N-dealkylation sites (N-methyl/N-ethyl adjacent to an activating group) is 1. The Kier molecular flexibility index (Phi) is 5.16. The molecule has 0 saturated carbocycles. The van der Waals surface area contributed by atoms with Gasteiger partial charge in [-0.3, -0.25) is 0 Å². The fourth-order valence-electron chi connectivity index (χ4n) is 2.92. The lowest BCUT2D eigenvalue weighted by Crippen LogP contribution is -2.40. The largest absolute Gasteiger partial charge is 0.332 e. The summed E-state index contributed by atoms with van der Waals surface area (Å²) in [7, 11) is 4.13. The fourth-order valence-corrected chi connectivity index (χ4v) is 3.74. The molecule has 0 bridgehead atoms. The summed E-state index contributed by atoms with van der Waals surface area (Å²) in [4.78, 5) is 21.0. The van der Waals surface area contributed by atoms with Gasteiger partial charge in [0.15, 0.2) is 0 Å². The standard InChI is InChI=1S/C18H24N4OS/c1-13-5-4-6-14(9-13)17-20-15(12-24-17)10-19-18(23)22-8-7-16(11-22)21(2)3/h4-6,9,12,16H,7-8,10-11H2,1-3H3,(H,19,23). The molecular formula is C18H24N4OS. The third-order valence-corrected chi connectivity index (χ3v) is 5.36. The van der Waals surface area contributed by atoms with Crippen molar-refractivity contribution in [3.63, 3.8) is 0 Å². The summed E-state index contributed by atoms with van der Waals surface area (Å²) in [5.74, 6) is 0. The molecule has 1 aromatic carbocycles. The highest BCUT2D eigenvalue weighted by molar-refractivity contribution is 7.13. The van der Waals surface area contributed by atoms with Crippen molar-refractivity contribution in [2.24, 2.45) is 0 Å². The monoisotopic (exact) mass is 344 g/mol. The van der Waals surface area contributed by atoms with Gasteiger partial charge in [0.05, 0.1) is 12.2 Å². The van der Waals surface area contributed by atoms with Gasteiger partial charge < -0.3 is 15.1 Å². The van der Waals surface area contributed by atoms with Crippen molar-refractivity contribution in [1.29, 1.82) is 0 Å². The second-order valence-electron chi connectivity index (χ2n) is 6.52. The maximum atomic E-state index is 12.3. The first-order chi connectivity index (χ1) is 11.5. The van der Waals surface area contributed by atoms with E-state index in [1.807, 2.05) is 16.3 Å². The average molecular weight is 344 g/mol. The van der Waals surface area contributed by atoms with Crippen LogP contribution in [0.4, 0.5) is 4.79 Å². The summed E-state index contributed by atoms with van der Waals surface area (Å²) in [5.41, 5.74) is 3.26. The van der Waals surface area contributed by atoms with Crippen molar-refractivity contribution in [2.75, 3.05) is 27.2 Å². The van der Waals surface area contributed by atoms with Crippen molar-refractivity contribution in [3.05, 3.63) is 40.9 Å². The first kappa shape index (κ1) is 16.9. The number of rotatable bonds is 4. The molecule has 1 fully saturated rings. The lowest BCUT2D eigenvalue weighted by molar-refractivity contribution is 0.203. The number of benzene rings is 1. The molecule has 1 atom stereocenters. The molecule has 1 saturated heterocycles. The van der Waals surface area contributed by atoms with Gasteiger partial charge in [0.1, 0.15) is 5.01 Å². The van der Waals surface area contributed by atoms with E-state index in [1.165, 1.54) is 5.56 Å². The summed E-state index contributed by atoms with van der Waals surface area (Å²) in [5, 5.41) is 6.00. The van der Waals surface area contributed by atoms with Crippen LogP contribution >= 0.6 is 11.3 Å². The van der Waals surface area contributed by atoms with Crippen LogP contribution in [0.5, 0.6) is 0 Å². The van der Waals surface area contributed by atoms with E-state index < -0.39 is 0 Å². The number of hydrogen-bond acceptors (Lipinski definition) is 4. The number of likely N-dealkylation sites (tertiary alicyclic amines) is 1. The van der Waals surface area contributed by atoms with Crippen LogP contribution in [0.3, 0.4) is 0 Å². The third kappa shape index (κ3) is 3.94. The first-order valence-electron chi connectivity index (χ1n) is 8.23. The molecule has 1 unspecified atom stereocenters. The van der Waals surface area contributed by atoms with Gasteiger partial charge in [-0.05, 0) is 33.5 Å². The van der Waals surface area contributed by atoms with Crippen LogP contribution < -0.4 is 5.32 Å². The Morgan fingerprint density at radius 1 is 1.46 bits per heavy atom. The number of urea groups is 1. The van der Waals surface area contributed by atoms with Gasteiger partial charge in [-0.1, -0.05) is 23.8 Å². The summed E-state index contributed by atoms with van der Waals surface area (Å²) in [6, 6.07) is 8.79. The zero-order valence-corrected chi connectivity index (χ0v) is 15.3. The number of aromatic nitrogens is 1. The summed E-state index contributed by atoms with van der Waals surface area (Å²) >= 11 is 1.62. The highest BCUT2D eigenvalue weighted by Gasteiger charge is 2.27. The normalized spacial score (nSPS) is 17.5. The molecule has 0 spiro atoms. The summed E-state index contributed by atoms with van der Waals surface area (Å²) in [6.07, 6.45) is 1.04. The van der Waals surface area contributed by atoms with Gasteiger partial charge in [0.25, 0.3) is 0 Å². The molecule has 1 N–H and O–H groups in total. The van der Waals surface area contributed by atoms with Crippen molar-refractivity contribution < 1.29 is 4.79 Å². The molecule has 2 aromatic rings. The molecule has 6 heteroatoms. The minimum absolute atomic E-state index is 0.00413. The zero-order valence-electron chi connectivity index (χ0n) is 14.5. The number of hydrogen-bond donors (Lipinski definition) is 1. The Bertz CT molecular complexity index is 713. The average Bonchev–Trinajstić information content (AvgIpc) is 3.22. The summed E-state index contributed by atoms with van der Waals surface area (Å²) < 4.78 is 0. The SMILES string of the molecule is Cc1cccc(-c2nc(CNC(=O)N3CCC(N(C)C)C3)cs2)c1. The number of thiazole rings is 1. The molecule has 1 aliphatic heterocycles. The topological polar surface area (TPSA) is 48.5 Å². The molecule has 5 nitrogen and oxygen atoms in total. The van der Waals surface area contributed by atoms with Crippen LogP contribution in [0.1, 0.15) is 17.7 Å². The quantitative estimate of drug-likeness (QED) is 0.928. The third-order valence-electron chi connectivity index (χ3n) is 4.42. The number of nitrogens with zero attached hydrogens (tertiary/aromatic N) is 3. The first-order valence-corrected chi connectivity index (χ1v) is 9.11. The van der Waals surface area contributed by atoms with Crippen molar-refractivity contribution >= 4 is 17.4 Å². The number of amides is 2.